The Bertz CT molecular complexity index is 1260. The molecule has 0 atom stereocenters. The molecule has 4 rings (SSSR count). The summed E-state index contributed by atoms with van der Waals surface area (Å²) >= 11 is 0. The highest BCUT2D eigenvalue weighted by Gasteiger charge is 2.24. The Balaban J connectivity index is 1.35. The van der Waals surface area contributed by atoms with Gasteiger partial charge in [-0.25, -0.2) is 8.78 Å². The van der Waals surface area contributed by atoms with Crippen LogP contribution in [0, 0.1) is 23.4 Å². The van der Waals surface area contributed by atoms with E-state index in [1.54, 1.807) is 36.4 Å². The fourth-order valence-electron chi connectivity index (χ4n) is 5.07. The van der Waals surface area contributed by atoms with Crippen LogP contribution in [0.25, 0.3) is 22.3 Å². The minimum atomic E-state index is -0.990. The van der Waals surface area contributed by atoms with Crippen molar-refractivity contribution in [1.82, 2.24) is 0 Å². The lowest BCUT2D eigenvalue weighted by Gasteiger charge is -2.29. The fraction of sp³-hybridized carbons (Fsp3) is 0.429. The third kappa shape index (κ3) is 8.46. The summed E-state index contributed by atoms with van der Waals surface area (Å²) in [4.78, 5) is 0. The first kappa shape index (κ1) is 30.9. The molecule has 3 aromatic carbocycles. The number of halogens is 3. The third-order valence-corrected chi connectivity index (χ3v) is 7.52. The van der Waals surface area contributed by atoms with E-state index in [2.05, 4.69) is 13.0 Å². The number of ether oxygens (including phenoxy) is 3. The molecule has 3 nitrogen and oxygen atoms in total. The van der Waals surface area contributed by atoms with Gasteiger partial charge >= 0.3 is 0 Å². The van der Waals surface area contributed by atoms with Crippen molar-refractivity contribution in [1.29, 1.82) is 0 Å². The molecular weight excluding hydrogens is 525 g/mol. The first-order valence-electron chi connectivity index (χ1n) is 14.9. The van der Waals surface area contributed by atoms with Gasteiger partial charge in [0.15, 0.2) is 17.9 Å². The average molecular weight is 567 g/mol. The van der Waals surface area contributed by atoms with Crippen molar-refractivity contribution in [2.24, 2.45) is 5.92 Å². The zero-order valence-electron chi connectivity index (χ0n) is 24.1. The van der Waals surface area contributed by atoms with E-state index < -0.39 is 23.7 Å². The van der Waals surface area contributed by atoms with Crippen molar-refractivity contribution in [3.8, 4) is 28.0 Å². The van der Waals surface area contributed by atoms with Gasteiger partial charge in [0.2, 0.25) is 5.82 Å². The lowest BCUT2D eigenvalue weighted by Crippen LogP contribution is -2.27. The van der Waals surface area contributed by atoms with Crippen molar-refractivity contribution in [3.05, 3.63) is 89.8 Å². The molecule has 0 amide bonds. The summed E-state index contributed by atoms with van der Waals surface area (Å²) in [5.41, 5.74) is 2.30. The lowest BCUT2D eigenvalue weighted by molar-refractivity contribution is -0.205. The molecule has 1 aliphatic rings. The Morgan fingerprint density at radius 1 is 0.805 bits per heavy atom. The molecule has 41 heavy (non-hydrogen) atoms. The largest absolute Gasteiger partial charge is 0.490 e. The molecule has 0 radical (unpaired) electrons. The Morgan fingerprint density at radius 3 is 2.15 bits per heavy atom. The number of rotatable bonds is 14. The van der Waals surface area contributed by atoms with Crippen LogP contribution >= 0.6 is 0 Å². The predicted octanol–water partition coefficient (Wildman–Crippen LogP) is 10.2. The van der Waals surface area contributed by atoms with Gasteiger partial charge < -0.3 is 14.2 Å². The Kier molecular flexibility index (Phi) is 11.9. The number of hydrogen-bond acceptors (Lipinski definition) is 3. The Labute approximate surface area is 242 Å². The van der Waals surface area contributed by atoms with E-state index >= 15 is 4.39 Å². The molecular formula is C35H41F3O3. The maximum atomic E-state index is 15.1. The molecule has 0 aromatic heterocycles. The quantitative estimate of drug-likeness (QED) is 0.144. The van der Waals surface area contributed by atoms with Gasteiger partial charge in [0.1, 0.15) is 5.82 Å². The minimum Gasteiger partial charge on any atom is -0.490 e. The standard InChI is InChI=1S/C35H41F3O3/c1-3-5-7-8-9-11-21-39-32-20-19-30(33(37)34(32)38)27-15-13-26(14-16-27)29-18-17-28(22-31(29)36)35-40-23-25(24-41-35)12-10-6-4-2/h4,6,13-20,22,25,35H,3,5,7-12,21,23-24H2,1-2H3/b6-4+. The predicted molar refractivity (Wildman–Crippen MR) is 158 cm³/mol. The molecule has 6 heteroatoms. The van der Waals surface area contributed by atoms with Crippen LogP contribution in [0.4, 0.5) is 13.2 Å². The van der Waals surface area contributed by atoms with Crippen molar-refractivity contribution in [3.63, 3.8) is 0 Å². The molecule has 1 fully saturated rings. The Hall–Kier alpha value is -3.09. The van der Waals surface area contributed by atoms with Crippen LogP contribution in [0.15, 0.2) is 66.7 Å². The summed E-state index contributed by atoms with van der Waals surface area (Å²) < 4.78 is 62.0. The second-order valence-electron chi connectivity index (χ2n) is 10.7. The van der Waals surface area contributed by atoms with Crippen molar-refractivity contribution in [2.45, 2.75) is 71.5 Å². The van der Waals surface area contributed by atoms with Gasteiger partial charge in [-0.1, -0.05) is 87.6 Å². The highest BCUT2D eigenvalue weighted by molar-refractivity contribution is 5.71. The Morgan fingerprint density at radius 2 is 1.46 bits per heavy atom. The van der Waals surface area contributed by atoms with Crippen LogP contribution in [-0.2, 0) is 9.47 Å². The van der Waals surface area contributed by atoms with Gasteiger partial charge in [-0.05, 0) is 55.5 Å². The van der Waals surface area contributed by atoms with Crippen LogP contribution in [0.3, 0.4) is 0 Å². The van der Waals surface area contributed by atoms with Crippen LogP contribution in [0.5, 0.6) is 5.75 Å². The number of benzene rings is 3. The molecule has 0 unspecified atom stereocenters. The number of allylic oxidation sites excluding steroid dienone is 2. The molecule has 0 aliphatic carbocycles. The topological polar surface area (TPSA) is 27.7 Å². The molecule has 220 valence electrons. The fourth-order valence-corrected chi connectivity index (χ4v) is 5.07. The first-order valence-corrected chi connectivity index (χ1v) is 14.9. The zero-order valence-corrected chi connectivity index (χ0v) is 24.1. The molecule has 3 aromatic rings. The highest BCUT2D eigenvalue weighted by atomic mass is 19.2. The normalized spacial score (nSPS) is 17.3. The van der Waals surface area contributed by atoms with E-state index in [1.165, 1.54) is 37.5 Å². The second-order valence-corrected chi connectivity index (χ2v) is 10.7. The first-order chi connectivity index (χ1) is 20.0. The average Bonchev–Trinajstić information content (AvgIpc) is 2.99. The van der Waals surface area contributed by atoms with E-state index in [0.717, 1.165) is 32.1 Å². The molecule has 1 aliphatic heterocycles. The van der Waals surface area contributed by atoms with Crippen molar-refractivity contribution >= 4 is 0 Å². The third-order valence-electron chi connectivity index (χ3n) is 7.52. The molecule has 0 spiro atoms. The molecule has 1 heterocycles. The molecule has 0 bridgehead atoms. The zero-order chi connectivity index (χ0) is 29.0. The SMILES string of the molecule is C/C=C/CCC1COC(c2ccc(-c3ccc(-c4ccc(OCCCCCCCC)c(F)c4F)cc3)c(F)c2)OC1. The van der Waals surface area contributed by atoms with E-state index in [9.17, 15) is 8.78 Å². The molecule has 1 saturated heterocycles. The van der Waals surface area contributed by atoms with Crippen molar-refractivity contribution < 1.29 is 27.4 Å². The molecule has 0 saturated carbocycles. The number of unbranched alkanes of at least 4 members (excludes halogenated alkanes) is 5. The molecule has 0 N–H and O–H groups in total. The monoisotopic (exact) mass is 566 g/mol. The maximum Gasteiger partial charge on any atom is 0.201 e. The summed E-state index contributed by atoms with van der Waals surface area (Å²) in [6, 6.07) is 14.7. The highest BCUT2D eigenvalue weighted by Crippen LogP contribution is 2.34. The summed E-state index contributed by atoms with van der Waals surface area (Å²) in [5, 5.41) is 0. The van der Waals surface area contributed by atoms with Gasteiger partial charge in [0, 0.05) is 22.6 Å². The van der Waals surface area contributed by atoms with Gasteiger partial charge in [0.05, 0.1) is 19.8 Å². The van der Waals surface area contributed by atoms with Crippen LogP contribution in [0.1, 0.15) is 77.1 Å². The van der Waals surface area contributed by atoms with E-state index in [-0.39, 0.29) is 11.3 Å². The minimum absolute atomic E-state index is 0.0753. The second kappa shape index (κ2) is 15.8. The van der Waals surface area contributed by atoms with Gasteiger partial charge in [-0.3, -0.25) is 0 Å². The number of hydrogen-bond donors (Lipinski definition) is 0. The van der Waals surface area contributed by atoms with Crippen molar-refractivity contribution in [2.75, 3.05) is 19.8 Å². The van der Waals surface area contributed by atoms with Gasteiger partial charge in [-0.2, -0.15) is 4.39 Å². The van der Waals surface area contributed by atoms with E-state index in [1.807, 2.05) is 13.0 Å². The van der Waals surface area contributed by atoms with E-state index in [4.69, 9.17) is 14.2 Å². The summed E-state index contributed by atoms with van der Waals surface area (Å²) in [7, 11) is 0. The summed E-state index contributed by atoms with van der Waals surface area (Å²) in [6.45, 7) is 5.69. The van der Waals surface area contributed by atoms with Crippen LogP contribution in [-0.4, -0.2) is 19.8 Å². The van der Waals surface area contributed by atoms with Gasteiger partial charge in [-0.15, -0.1) is 0 Å². The van der Waals surface area contributed by atoms with Crippen LogP contribution < -0.4 is 4.74 Å². The van der Waals surface area contributed by atoms with Crippen LogP contribution in [0.2, 0.25) is 0 Å². The lowest BCUT2D eigenvalue weighted by atomic mass is 9.98. The van der Waals surface area contributed by atoms with E-state index in [0.29, 0.717) is 48.0 Å². The maximum absolute atomic E-state index is 15.1. The smallest absolute Gasteiger partial charge is 0.201 e. The van der Waals surface area contributed by atoms with Gasteiger partial charge in [0.25, 0.3) is 0 Å². The summed E-state index contributed by atoms with van der Waals surface area (Å²) in [6.07, 6.45) is 12.1. The summed E-state index contributed by atoms with van der Waals surface area (Å²) in [5.74, 6) is -2.09.